The van der Waals surface area contributed by atoms with Gasteiger partial charge in [0.25, 0.3) is 0 Å². The molecule has 1 saturated carbocycles. The van der Waals surface area contributed by atoms with Crippen LogP contribution in [0.15, 0.2) is 0 Å². The average molecular weight is 220 g/mol. The molecule has 1 aliphatic carbocycles. The third kappa shape index (κ3) is 3.97. The van der Waals surface area contributed by atoms with E-state index in [0.29, 0.717) is 11.2 Å². The van der Waals surface area contributed by atoms with Gasteiger partial charge in [-0.3, -0.25) is 4.79 Å². The Morgan fingerprint density at radius 3 is 2.50 bits per heavy atom. The molecule has 1 atom stereocenters. The van der Waals surface area contributed by atoms with Gasteiger partial charge in [0, 0.05) is 18.9 Å². The molecule has 0 saturated heterocycles. The summed E-state index contributed by atoms with van der Waals surface area (Å²) in [6.45, 7) is 5.45. The molecule has 1 aliphatic rings. The van der Waals surface area contributed by atoms with Gasteiger partial charge >= 0.3 is 0 Å². The molecule has 0 aromatic rings. The molecule has 0 aliphatic heterocycles. The van der Waals surface area contributed by atoms with E-state index in [-0.39, 0.29) is 18.3 Å². The van der Waals surface area contributed by atoms with Gasteiger partial charge in [-0.15, -0.1) is 12.4 Å². The van der Waals surface area contributed by atoms with Crippen LogP contribution in [0.2, 0.25) is 0 Å². The van der Waals surface area contributed by atoms with Gasteiger partial charge in [0.05, 0.1) is 0 Å². The lowest BCUT2D eigenvalue weighted by Crippen LogP contribution is -2.36. The molecule has 0 aromatic carbocycles. The predicted molar refractivity (Wildman–Crippen MR) is 61.9 cm³/mol. The largest absolute Gasteiger partial charge is 0.309 e. The van der Waals surface area contributed by atoms with Gasteiger partial charge in [-0.2, -0.15) is 0 Å². The van der Waals surface area contributed by atoms with Crippen LogP contribution in [0.5, 0.6) is 0 Å². The van der Waals surface area contributed by atoms with Crippen LogP contribution in [-0.4, -0.2) is 31.3 Å². The highest BCUT2D eigenvalue weighted by atomic mass is 35.5. The summed E-state index contributed by atoms with van der Waals surface area (Å²) in [6.07, 6.45) is 2.91. The van der Waals surface area contributed by atoms with E-state index < -0.39 is 0 Å². The van der Waals surface area contributed by atoms with E-state index in [2.05, 4.69) is 18.7 Å². The molecule has 0 N–H and O–H groups in total. The molecule has 1 unspecified atom stereocenters. The molecular formula is C11H22ClNO. The fourth-order valence-electron chi connectivity index (χ4n) is 2.16. The minimum Gasteiger partial charge on any atom is -0.309 e. The van der Waals surface area contributed by atoms with Crippen LogP contribution in [0.3, 0.4) is 0 Å². The minimum absolute atomic E-state index is 0. The van der Waals surface area contributed by atoms with Crippen molar-refractivity contribution in [2.45, 2.75) is 33.1 Å². The number of carbonyl (C=O) groups excluding carboxylic acids is 1. The number of hydrogen-bond acceptors (Lipinski definition) is 2. The number of halogens is 1. The summed E-state index contributed by atoms with van der Waals surface area (Å²) in [5.74, 6) is 0.742. The molecule has 1 rings (SSSR count). The quantitative estimate of drug-likeness (QED) is 0.711. The molecule has 0 bridgehead atoms. The third-order valence-corrected chi connectivity index (χ3v) is 2.89. The van der Waals surface area contributed by atoms with Crippen molar-refractivity contribution in [2.75, 3.05) is 20.6 Å². The van der Waals surface area contributed by atoms with E-state index in [0.717, 1.165) is 25.8 Å². The molecule has 14 heavy (non-hydrogen) atoms. The molecule has 0 spiro atoms. The van der Waals surface area contributed by atoms with Crippen molar-refractivity contribution in [3.8, 4) is 0 Å². The smallest absolute Gasteiger partial charge is 0.137 e. The van der Waals surface area contributed by atoms with Gasteiger partial charge in [-0.25, -0.2) is 0 Å². The van der Waals surface area contributed by atoms with Crippen molar-refractivity contribution in [3.63, 3.8) is 0 Å². The summed E-state index contributed by atoms with van der Waals surface area (Å²) in [5, 5.41) is 0. The Bertz CT molecular complexity index is 201. The van der Waals surface area contributed by atoms with Gasteiger partial charge in [-0.1, -0.05) is 13.8 Å². The van der Waals surface area contributed by atoms with Crippen LogP contribution in [0.1, 0.15) is 33.1 Å². The Morgan fingerprint density at radius 1 is 1.43 bits per heavy atom. The molecule has 0 radical (unpaired) electrons. The highest BCUT2D eigenvalue weighted by Gasteiger charge is 2.33. The van der Waals surface area contributed by atoms with Crippen molar-refractivity contribution >= 4 is 18.2 Å². The van der Waals surface area contributed by atoms with Crippen LogP contribution in [0.25, 0.3) is 0 Å². The van der Waals surface area contributed by atoms with Gasteiger partial charge in [-0.05, 0) is 32.4 Å². The summed E-state index contributed by atoms with van der Waals surface area (Å²) >= 11 is 0. The van der Waals surface area contributed by atoms with Crippen LogP contribution >= 0.6 is 12.4 Å². The van der Waals surface area contributed by atoms with Crippen molar-refractivity contribution in [3.05, 3.63) is 0 Å². The Balaban J connectivity index is 0.00000169. The molecular weight excluding hydrogens is 198 g/mol. The van der Waals surface area contributed by atoms with Crippen molar-refractivity contribution in [1.82, 2.24) is 4.90 Å². The lowest BCUT2D eigenvalue weighted by Gasteiger charge is -2.35. The molecule has 0 amide bonds. The minimum atomic E-state index is 0. The topological polar surface area (TPSA) is 20.3 Å². The maximum Gasteiger partial charge on any atom is 0.137 e. The summed E-state index contributed by atoms with van der Waals surface area (Å²) in [7, 11) is 4.07. The van der Waals surface area contributed by atoms with Crippen molar-refractivity contribution in [2.24, 2.45) is 11.3 Å². The SMILES string of the molecule is CN(C)CC1CC(C)(C)CCC1=O.Cl. The summed E-state index contributed by atoms with van der Waals surface area (Å²) < 4.78 is 0. The second kappa shape index (κ2) is 5.13. The number of ketones is 1. The standard InChI is InChI=1S/C11H21NO.ClH/c1-11(2)6-5-10(13)9(7-11)8-12(3)4;/h9H,5-8H2,1-4H3;1H. The first-order valence-electron chi connectivity index (χ1n) is 5.08. The van der Waals surface area contributed by atoms with Gasteiger partial charge in [0.15, 0.2) is 0 Å². The first kappa shape index (κ1) is 13.9. The third-order valence-electron chi connectivity index (χ3n) is 2.89. The lowest BCUT2D eigenvalue weighted by atomic mass is 9.71. The van der Waals surface area contributed by atoms with Crippen LogP contribution in [0.4, 0.5) is 0 Å². The Kier molecular flexibility index (Phi) is 5.10. The van der Waals surface area contributed by atoms with Crippen molar-refractivity contribution < 1.29 is 4.79 Å². The highest BCUT2D eigenvalue weighted by molar-refractivity contribution is 5.85. The fraction of sp³-hybridized carbons (Fsp3) is 0.909. The highest BCUT2D eigenvalue weighted by Crippen LogP contribution is 2.36. The van der Waals surface area contributed by atoms with E-state index in [1.165, 1.54) is 0 Å². The summed E-state index contributed by atoms with van der Waals surface area (Å²) in [4.78, 5) is 13.7. The van der Waals surface area contributed by atoms with Crippen LogP contribution in [-0.2, 0) is 4.79 Å². The van der Waals surface area contributed by atoms with E-state index in [4.69, 9.17) is 0 Å². The normalized spacial score (nSPS) is 26.1. The molecule has 0 aromatic heterocycles. The van der Waals surface area contributed by atoms with Gasteiger partial charge < -0.3 is 4.90 Å². The van der Waals surface area contributed by atoms with E-state index in [9.17, 15) is 4.79 Å². The number of Topliss-reactive ketones (excluding diaryl/α,β-unsaturated/α-hetero) is 1. The average Bonchev–Trinajstić information content (AvgIpc) is 1.95. The maximum absolute atomic E-state index is 11.6. The predicted octanol–water partition coefficient (Wildman–Crippen LogP) is 2.37. The van der Waals surface area contributed by atoms with Crippen LogP contribution < -0.4 is 0 Å². The number of hydrogen-bond donors (Lipinski definition) is 0. The molecule has 2 nitrogen and oxygen atoms in total. The Hall–Kier alpha value is -0.0800. The first-order valence-corrected chi connectivity index (χ1v) is 5.08. The monoisotopic (exact) mass is 219 g/mol. The number of rotatable bonds is 2. The molecule has 84 valence electrons. The summed E-state index contributed by atoms with van der Waals surface area (Å²) in [6, 6.07) is 0. The van der Waals surface area contributed by atoms with Crippen molar-refractivity contribution in [1.29, 1.82) is 0 Å². The second-order valence-electron chi connectivity index (χ2n) is 5.29. The van der Waals surface area contributed by atoms with E-state index >= 15 is 0 Å². The first-order chi connectivity index (χ1) is 5.91. The second-order valence-corrected chi connectivity index (χ2v) is 5.29. The Labute approximate surface area is 93.5 Å². The zero-order chi connectivity index (χ0) is 10.1. The summed E-state index contributed by atoms with van der Waals surface area (Å²) in [5.41, 5.74) is 0.370. The molecule has 3 heteroatoms. The van der Waals surface area contributed by atoms with Crippen LogP contribution in [0, 0.1) is 11.3 Å². The lowest BCUT2D eigenvalue weighted by molar-refractivity contribution is -0.127. The number of carbonyl (C=O) groups is 1. The maximum atomic E-state index is 11.6. The zero-order valence-corrected chi connectivity index (χ0v) is 10.5. The molecule has 0 heterocycles. The zero-order valence-electron chi connectivity index (χ0n) is 9.67. The number of nitrogens with zero attached hydrogens (tertiary/aromatic N) is 1. The van der Waals surface area contributed by atoms with E-state index in [1.54, 1.807) is 0 Å². The van der Waals surface area contributed by atoms with E-state index in [1.807, 2.05) is 14.1 Å². The van der Waals surface area contributed by atoms with Gasteiger partial charge in [0.2, 0.25) is 0 Å². The molecule has 1 fully saturated rings. The van der Waals surface area contributed by atoms with Gasteiger partial charge in [0.1, 0.15) is 5.78 Å². The Morgan fingerprint density at radius 2 is 2.00 bits per heavy atom. The fourth-order valence-corrected chi connectivity index (χ4v) is 2.16.